The third-order valence-electron chi connectivity index (χ3n) is 2.57. The number of hydrogen-bond donors (Lipinski definition) is 1. The van der Waals surface area contributed by atoms with Crippen molar-refractivity contribution >= 4 is 27.5 Å². The second-order valence-corrected chi connectivity index (χ2v) is 6.87. The minimum Gasteiger partial charge on any atom is -0.398 e. The number of anilines is 1. The lowest BCUT2D eigenvalue weighted by molar-refractivity contribution is 0.488. The summed E-state index contributed by atoms with van der Waals surface area (Å²) in [6.07, 6.45) is 1.95. The minimum atomic E-state index is -3.41. The standard InChI is InChI=1S/C11H18N2O2S2/c1-9-4-5-10(8-11(9)12)17(14,15)13(2)6-7-16-3/h4-5,8H,6-7,12H2,1-3H3. The van der Waals surface area contributed by atoms with Crippen molar-refractivity contribution in [3.05, 3.63) is 23.8 Å². The zero-order valence-electron chi connectivity index (χ0n) is 10.3. The molecule has 1 aromatic carbocycles. The van der Waals surface area contributed by atoms with Gasteiger partial charge in [-0.25, -0.2) is 12.7 Å². The maximum absolute atomic E-state index is 12.2. The first kappa shape index (κ1) is 14.3. The van der Waals surface area contributed by atoms with E-state index in [0.717, 1.165) is 11.3 Å². The van der Waals surface area contributed by atoms with Gasteiger partial charge in [-0.3, -0.25) is 0 Å². The van der Waals surface area contributed by atoms with E-state index in [1.165, 1.54) is 10.4 Å². The van der Waals surface area contributed by atoms with Crippen molar-refractivity contribution < 1.29 is 8.42 Å². The summed E-state index contributed by atoms with van der Waals surface area (Å²) in [5.41, 5.74) is 7.12. The predicted octanol–water partition coefficient (Wildman–Crippen LogP) is 1.56. The lowest BCUT2D eigenvalue weighted by Crippen LogP contribution is -2.29. The lowest BCUT2D eigenvalue weighted by atomic mass is 10.2. The van der Waals surface area contributed by atoms with Gasteiger partial charge in [0.15, 0.2) is 0 Å². The topological polar surface area (TPSA) is 63.4 Å². The summed E-state index contributed by atoms with van der Waals surface area (Å²) in [5, 5.41) is 0. The number of benzene rings is 1. The molecular formula is C11H18N2O2S2. The molecule has 17 heavy (non-hydrogen) atoms. The summed E-state index contributed by atoms with van der Waals surface area (Å²) < 4.78 is 25.7. The highest BCUT2D eigenvalue weighted by Crippen LogP contribution is 2.20. The van der Waals surface area contributed by atoms with Gasteiger partial charge in [-0.1, -0.05) is 6.07 Å². The minimum absolute atomic E-state index is 0.254. The summed E-state index contributed by atoms with van der Waals surface area (Å²) in [5.74, 6) is 0.775. The number of nitrogens with two attached hydrogens (primary N) is 1. The van der Waals surface area contributed by atoms with Gasteiger partial charge in [-0.2, -0.15) is 11.8 Å². The average molecular weight is 274 g/mol. The Kier molecular flexibility index (Phi) is 4.85. The zero-order chi connectivity index (χ0) is 13.1. The Bertz CT molecular complexity index is 486. The first-order chi connectivity index (χ1) is 7.89. The van der Waals surface area contributed by atoms with Gasteiger partial charge in [-0.15, -0.1) is 0 Å². The summed E-state index contributed by atoms with van der Waals surface area (Å²) >= 11 is 1.62. The molecule has 0 amide bonds. The third-order valence-corrected chi connectivity index (χ3v) is 5.01. The third kappa shape index (κ3) is 3.37. The van der Waals surface area contributed by atoms with Crippen molar-refractivity contribution in [3.8, 4) is 0 Å². The molecule has 0 saturated carbocycles. The maximum Gasteiger partial charge on any atom is 0.242 e. The van der Waals surface area contributed by atoms with Crippen LogP contribution in [-0.2, 0) is 10.0 Å². The molecule has 0 radical (unpaired) electrons. The summed E-state index contributed by atoms with van der Waals surface area (Å²) in [6.45, 7) is 2.35. The van der Waals surface area contributed by atoms with Crippen LogP contribution in [0.3, 0.4) is 0 Å². The molecule has 2 N–H and O–H groups in total. The van der Waals surface area contributed by atoms with Crippen LogP contribution in [0.25, 0.3) is 0 Å². The van der Waals surface area contributed by atoms with E-state index in [2.05, 4.69) is 0 Å². The molecule has 0 atom stereocenters. The molecule has 0 spiro atoms. The lowest BCUT2D eigenvalue weighted by Gasteiger charge is -2.17. The van der Waals surface area contributed by atoms with Gasteiger partial charge >= 0.3 is 0 Å². The molecule has 0 aliphatic heterocycles. The zero-order valence-corrected chi connectivity index (χ0v) is 11.9. The first-order valence-electron chi connectivity index (χ1n) is 5.21. The van der Waals surface area contributed by atoms with Gasteiger partial charge in [-0.05, 0) is 30.9 Å². The van der Waals surface area contributed by atoms with Crippen molar-refractivity contribution in [1.82, 2.24) is 4.31 Å². The van der Waals surface area contributed by atoms with Gasteiger partial charge in [0, 0.05) is 25.0 Å². The van der Waals surface area contributed by atoms with Crippen molar-refractivity contribution in [2.24, 2.45) is 0 Å². The molecule has 0 aliphatic rings. The molecule has 0 saturated heterocycles. The van der Waals surface area contributed by atoms with Crippen molar-refractivity contribution in [2.45, 2.75) is 11.8 Å². The molecule has 0 aliphatic carbocycles. The number of sulfonamides is 1. The number of nitrogens with zero attached hydrogens (tertiary/aromatic N) is 1. The molecule has 0 fully saturated rings. The van der Waals surface area contributed by atoms with Crippen LogP contribution < -0.4 is 5.73 Å². The Hall–Kier alpha value is -0.720. The number of nitrogen functional groups attached to an aromatic ring is 1. The highest BCUT2D eigenvalue weighted by Gasteiger charge is 2.20. The van der Waals surface area contributed by atoms with E-state index in [1.54, 1.807) is 30.9 Å². The quantitative estimate of drug-likeness (QED) is 0.828. The van der Waals surface area contributed by atoms with Crippen LogP contribution in [0.1, 0.15) is 5.56 Å². The van der Waals surface area contributed by atoms with Gasteiger partial charge in [0.2, 0.25) is 10.0 Å². The molecule has 1 aromatic rings. The van der Waals surface area contributed by atoms with Crippen LogP contribution >= 0.6 is 11.8 Å². The highest BCUT2D eigenvalue weighted by atomic mass is 32.2. The highest BCUT2D eigenvalue weighted by molar-refractivity contribution is 7.98. The van der Waals surface area contributed by atoms with Crippen molar-refractivity contribution in [3.63, 3.8) is 0 Å². The largest absolute Gasteiger partial charge is 0.398 e. The van der Waals surface area contributed by atoms with Gasteiger partial charge < -0.3 is 5.73 Å². The second-order valence-electron chi connectivity index (χ2n) is 3.84. The Balaban J connectivity index is 3.00. The van der Waals surface area contributed by atoms with Crippen LogP contribution in [-0.4, -0.2) is 38.3 Å². The van der Waals surface area contributed by atoms with Crippen LogP contribution in [0.4, 0.5) is 5.69 Å². The summed E-state index contributed by atoms with van der Waals surface area (Å²) in [4.78, 5) is 0.254. The van der Waals surface area contributed by atoms with Gasteiger partial charge in [0.1, 0.15) is 0 Å². The average Bonchev–Trinajstić information content (AvgIpc) is 2.29. The molecule has 96 valence electrons. The normalized spacial score (nSPS) is 12.0. The molecule has 0 unspecified atom stereocenters. The van der Waals surface area contributed by atoms with Crippen LogP contribution in [0.2, 0.25) is 0 Å². The maximum atomic E-state index is 12.2. The van der Waals surface area contributed by atoms with Crippen LogP contribution in [0.5, 0.6) is 0 Å². The van der Waals surface area contributed by atoms with Gasteiger partial charge in [0.05, 0.1) is 4.90 Å². The Morgan fingerprint density at radius 2 is 2.06 bits per heavy atom. The SMILES string of the molecule is CSCCN(C)S(=O)(=O)c1ccc(C)c(N)c1. The molecule has 0 bridgehead atoms. The van der Waals surface area contributed by atoms with E-state index < -0.39 is 10.0 Å². The van der Waals surface area contributed by atoms with E-state index in [4.69, 9.17) is 5.73 Å². The first-order valence-corrected chi connectivity index (χ1v) is 8.04. The van der Waals surface area contributed by atoms with Crippen molar-refractivity contribution in [1.29, 1.82) is 0 Å². The van der Waals surface area contributed by atoms with E-state index in [-0.39, 0.29) is 4.90 Å². The Morgan fingerprint density at radius 1 is 1.41 bits per heavy atom. The molecule has 1 rings (SSSR count). The van der Waals surface area contributed by atoms with Gasteiger partial charge in [0.25, 0.3) is 0 Å². The fraction of sp³-hybridized carbons (Fsp3) is 0.455. The summed E-state index contributed by atoms with van der Waals surface area (Å²) in [7, 11) is -1.83. The fourth-order valence-corrected chi connectivity index (χ4v) is 3.08. The number of rotatable bonds is 5. The number of thioether (sulfide) groups is 1. The van der Waals surface area contributed by atoms with E-state index in [9.17, 15) is 8.42 Å². The molecule has 0 heterocycles. The second kappa shape index (κ2) is 5.75. The molecule has 6 heteroatoms. The van der Waals surface area contributed by atoms with Crippen LogP contribution in [0, 0.1) is 6.92 Å². The monoisotopic (exact) mass is 274 g/mol. The Labute approximate surface area is 107 Å². The summed E-state index contributed by atoms with van der Waals surface area (Å²) in [6, 6.07) is 4.83. The van der Waals surface area contributed by atoms with Crippen molar-refractivity contribution in [2.75, 3.05) is 31.3 Å². The van der Waals surface area contributed by atoms with Crippen LogP contribution in [0.15, 0.2) is 23.1 Å². The predicted molar refractivity (Wildman–Crippen MR) is 73.8 cm³/mol. The fourth-order valence-electron chi connectivity index (χ4n) is 1.30. The van der Waals surface area contributed by atoms with E-state index >= 15 is 0 Å². The van der Waals surface area contributed by atoms with E-state index in [0.29, 0.717) is 12.2 Å². The smallest absolute Gasteiger partial charge is 0.242 e. The Morgan fingerprint density at radius 3 is 2.59 bits per heavy atom. The number of aryl methyl sites for hydroxylation is 1. The molecular weight excluding hydrogens is 256 g/mol. The van der Waals surface area contributed by atoms with E-state index in [1.807, 2.05) is 13.2 Å². The molecule has 0 aromatic heterocycles. The molecule has 4 nitrogen and oxygen atoms in total. The number of hydrogen-bond acceptors (Lipinski definition) is 4.